The van der Waals surface area contributed by atoms with Crippen LogP contribution in [0.4, 0.5) is 0 Å². The van der Waals surface area contributed by atoms with Gasteiger partial charge in [0.2, 0.25) is 0 Å². The van der Waals surface area contributed by atoms with Crippen molar-refractivity contribution in [2.75, 3.05) is 0 Å². The van der Waals surface area contributed by atoms with Crippen molar-refractivity contribution in [2.24, 2.45) is 0 Å². The van der Waals surface area contributed by atoms with Crippen molar-refractivity contribution in [1.29, 1.82) is 0 Å². The van der Waals surface area contributed by atoms with Gasteiger partial charge in [0.25, 0.3) is 5.97 Å². The molecule has 0 fully saturated rings. The van der Waals surface area contributed by atoms with Crippen LogP contribution in [0.5, 0.6) is 0 Å². The third kappa shape index (κ3) is 682. The van der Waals surface area contributed by atoms with Gasteiger partial charge in [0.1, 0.15) is 0 Å². The first-order valence-electron chi connectivity index (χ1n) is 0.928. The molecule has 51 valence electrons. The Hall–Kier alpha value is 0.430. The van der Waals surface area contributed by atoms with E-state index in [1.165, 1.54) is 0 Å². The number of rotatable bonds is 0. The third-order valence-corrected chi connectivity index (χ3v) is 0. The van der Waals surface area contributed by atoms with Crippen LogP contribution >= 0.6 is 0 Å². The standard InChI is InChI=1S/C2H4O2.Co.Ni.H2O/c1-2(3)4;;;/h1H3,(H,3,4);;;1H2. The van der Waals surface area contributed by atoms with Gasteiger partial charge < -0.3 is 10.6 Å². The minimum Gasteiger partial charge on any atom is -0.481 e. The summed E-state index contributed by atoms with van der Waals surface area (Å²) in [5.41, 5.74) is 0. The van der Waals surface area contributed by atoms with Gasteiger partial charge in [-0.3, -0.25) is 4.79 Å². The first-order chi connectivity index (χ1) is 1.73. The van der Waals surface area contributed by atoms with E-state index in [0.717, 1.165) is 6.92 Å². The van der Waals surface area contributed by atoms with Crippen LogP contribution in [0.25, 0.3) is 0 Å². The molecule has 0 aliphatic rings. The fraction of sp³-hybridized carbons (Fsp3) is 0.500. The largest absolute Gasteiger partial charge is 0.481 e. The summed E-state index contributed by atoms with van der Waals surface area (Å²) in [5.74, 6) is -0.833. The van der Waals surface area contributed by atoms with E-state index in [1.807, 2.05) is 0 Å². The van der Waals surface area contributed by atoms with E-state index in [2.05, 4.69) is 0 Å². The fourth-order valence-electron chi connectivity index (χ4n) is 0. The minimum absolute atomic E-state index is 0. The predicted octanol–water partition coefficient (Wildman–Crippen LogP) is -0.739. The maximum atomic E-state index is 9.00. The van der Waals surface area contributed by atoms with E-state index in [0.29, 0.717) is 0 Å². The smallest absolute Gasteiger partial charge is 0.300 e. The third-order valence-electron chi connectivity index (χ3n) is 0. The van der Waals surface area contributed by atoms with E-state index in [4.69, 9.17) is 9.90 Å². The summed E-state index contributed by atoms with van der Waals surface area (Å²) in [4.78, 5) is 9.00. The summed E-state index contributed by atoms with van der Waals surface area (Å²) in [7, 11) is 0. The molecule has 7 heavy (non-hydrogen) atoms. The molecule has 0 aliphatic heterocycles. The van der Waals surface area contributed by atoms with Crippen LogP contribution in [0.3, 0.4) is 0 Å². The van der Waals surface area contributed by atoms with Crippen molar-refractivity contribution in [3.05, 3.63) is 0 Å². The molecule has 0 saturated heterocycles. The second kappa shape index (κ2) is 16.1. The topological polar surface area (TPSA) is 68.8 Å². The average Bonchev–Trinajstić information content (AvgIpc) is 0.811. The van der Waals surface area contributed by atoms with Crippen LogP contribution in [0.2, 0.25) is 0 Å². The molecule has 0 rings (SSSR count). The zero-order valence-corrected chi connectivity index (χ0v) is 5.53. The number of carbonyl (C=O) groups is 1. The Kier molecular flexibility index (Phi) is 60.1. The van der Waals surface area contributed by atoms with E-state index in [1.54, 1.807) is 0 Å². The number of hydrogen-bond acceptors (Lipinski definition) is 1. The molecule has 0 heterocycles. The van der Waals surface area contributed by atoms with Crippen LogP contribution in [-0.4, -0.2) is 16.6 Å². The number of hydrogen-bond donors (Lipinski definition) is 1. The van der Waals surface area contributed by atoms with Crippen molar-refractivity contribution in [3.8, 4) is 0 Å². The summed E-state index contributed by atoms with van der Waals surface area (Å²) >= 11 is 0. The average molecular weight is 196 g/mol. The zero-order valence-electron chi connectivity index (χ0n) is 3.51. The molecule has 0 amide bonds. The Morgan fingerprint density at radius 2 is 1.57 bits per heavy atom. The summed E-state index contributed by atoms with van der Waals surface area (Å²) in [6.07, 6.45) is 0. The van der Waals surface area contributed by atoms with Crippen LogP contribution in [-0.2, 0) is 38.1 Å². The molecule has 5 heteroatoms. The monoisotopic (exact) mass is 195 g/mol. The quantitative estimate of drug-likeness (QED) is 0.518. The molecule has 3 nitrogen and oxygen atoms in total. The van der Waals surface area contributed by atoms with Gasteiger partial charge in [-0.15, -0.1) is 0 Å². The molecule has 0 aromatic rings. The molecule has 1 radical (unpaired) electrons. The molecule has 0 saturated carbocycles. The maximum Gasteiger partial charge on any atom is 0.300 e. The van der Waals surface area contributed by atoms with Crippen LogP contribution in [0.15, 0.2) is 0 Å². The van der Waals surface area contributed by atoms with Crippen molar-refractivity contribution < 1.29 is 48.6 Å². The first kappa shape index (κ1) is 26.1. The summed E-state index contributed by atoms with van der Waals surface area (Å²) in [5, 5.41) is 7.42. The van der Waals surface area contributed by atoms with Crippen molar-refractivity contribution in [1.82, 2.24) is 0 Å². The molecule has 0 aliphatic carbocycles. The fourth-order valence-corrected chi connectivity index (χ4v) is 0. The van der Waals surface area contributed by atoms with Crippen LogP contribution < -0.4 is 0 Å². The molecular weight excluding hydrogens is 190 g/mol. The van der Waals surface area contributed by atoms with Gasteiger partial charge in [-0.1, -0.05) is 0 Å². The summed E-state index contributed by atoms with van der Waals surface area (Å²) < 4.78 is 0. The summed E-state index contributed by atoms with van der Waals surface area (Å²) in [6.45, 7) is 1.08. The number of carboxylic acids is 1. The number of carboxylic acid groups (broad SMARTS) is 1. The summed E-state index contributed by atoms with van der Waals surface area (Å²) in [6, 6.07) is 0. The Labute approximate surface area is 61.9 Å². The van der Waals surface area contributed by atoms with E-state index in [9.17, 15) is 0 Å². The molecule has 0 aromatic heterocycles. The Morgan fingerprint density at radius 1 is 1.57 bits per heavy atom. The van der Waals surface area contributed by atoms with Gasteiger partial charge in [0.05, 0.1) is 0 Å². The Balaban J connectivity index is -0.0000000150. The SMILES string of the molecule is CC(=O)O.O.[Co].[Ni]. The molecular formula is C2H6CoNiO3. The molecule has 0 spiro atoms. The number of aliphatic carboxylic acids is 1. The van der Waals surface area contributed by atoms with Gasteiger partial charge in [-0.2, -0.15) is 0 Å². The van der Waals surface area contributed by atoms with E-state index >= 15 is 0 Å². The molecule has 0 atom stereocenters. The maximum absolute atomic E-state index is 9.00. The Bertz CT molecular complexity index is 35.9. The van der Waals surface area contributed by atoms with E-state index in [-0.39, 0.29) is 38.7 Å². The van der Waals surface area contributed by atoms with Crippen molar-refractivity contribution in [3.63, 3.8) is 0 Å². The molecule has 0 aromatic carbocycles. The molecule has 3 N–H and O–H groups in total. The van der Waals surface area contributed by atoms with Gasteiger partial charge in [0, 0.05) is 40.2 Å². The van der Waals surface area contributed by atoms with Crippen molar-refractivity contribution in [2.45, 2.75) is 6.92 Å². The second-order valence-electron chi connectivity index (χ2n) is 0.519. The van der Waals surface area contributed by atoms with E-state index < -0.39 is 5.97 Å². The molecule has 0 unspecified atom stereocenters. The molecule has 0 bridgehead atoms. The van der Waals surface area contributed by atoms with Gasteiger partial charge >= 0.3 is 0 Å². The minimum atomic E-state index is -0.833. The van der Waals surface area contributed by atoms with Crippen molar-refractivity contribution >= 4 is 5.97 Å². The van der Waals surface area contributed by atoms with Crippen LogP contribution in [0, 0.1) is 0 Å². The first-order valence-corrected chi connectivity index (χ1v) is 0.928. The normalized spacial score (nSPS) is 3.57. The zero-order chi connectivity index (χ0) is 3.58. The predicted molar refractivity (Wildman–Crippen MR) is 16.9 cm³/mol. The van der Waals surface area contributed by atoms with Gasteiger partial charge in [-0.05, 0) is 0 Å². The second-order valence-corrected chi connectivity index (χ2v) is 0.519. The van der Waals surface area contributed by atoms with Crippen LogP contribution in [0.1, 0.15) is 6.92 Å². The van der Waals surface area contributed by atoms with Gasteiger partial charge in [0.15, 0.2) is 0 Å². The van der Waals surface area contributed by atoms with Gasteiger partial charge in [-0.25, -0.2) is 0 Å². The Morgan fingerprint density at radius 3 is 1.57 bits per heavy atom.